The second-order valence-electron chi connectivity index (χ2n) is 4.85. The lowest BCUT2D eigenvalue weighted by atomic mass is 10.2. The average Bonchev–Trinajstić information content (AvgIpc) is 2.95. The fourth-order valence-corrected chi connectivity index (χ4v) is 2.05. The van der Waals surface area contributed by atoms with E-state index < -0.39 is 22.9 Å². The number of non-ortho nitro benzene ring substituents is 1. The second kappa shape index (κ2) is 7.14. The maximum atomic E-state index is 12.1. The minimum atomic E-state index is -1.10. The molecule has 0 aliphatic heterocycles. The first kappa shape index (κ1) is 17.5. The predicted molar refractivity (Wildman–Crippen MR) is 85.1 cm³/mol. The van der Waals surface area contributed by atoms with Gasteiger partial charge in [0.15, 0.2) is 6.10 Å². The van der Waals surface area contributed by atoms with E-state index in [4.69, 9.17) is 20.8 Å². The molecule has 2 aromatic rings. The normalized spacial score (nSPS) is 11.6. The number of anilines is 1. The Balaban J connectivity index is 2.03. The largest absolute Gasteiger partial charge is 0.469 e. The van der Waals surface area contributed by atoms with Gasteiger partial charge in [0.25, 0.3) is 11.6 Å². The van der Waals surface area contributed by atoms with Crippen LogP contribution in [0.4, 0.5) is 11.4 Å². The molecule has 1 aromatic heterocycles. The molecule has 0 bridgehead atoms. The summed E-state index contributed by atoms with van der Waals surface area (Å²) >= 11 is 5.89. The van der Waals surface area contributed by atoms with Gasteiger partial charge in [0.2, 0.25) is 0 Å². The highest BCUT2D eigenvalue weighted by atomic mass is 35.5. The molecule has 0 aliphatic carbocycles. The highest BCUT2D eigenvalue weighted by Gasteiger charge is 2.22. The van der Waals surface area contributed by atoms with Crippen LogP contribution in [0.3, 0.4) is 0 Å². The van der Waals surface area contributed by atoms with E-state index in [-0.39, 0.29) is 22.0 Å². The maximum absolute atomic E-state index is 12.1. The third-order valence-electron chi connectivity index (χ3n) is 3.15. The van der Waals surface area contributed by atoms with Gasteiger partial charge in [-0.15, -0.1) is 0 Å². The smallest absolute Gasteiger partial charge is 0.342 e. The van der Waals surface area contributed by atoms with Crippen molar-refractivity contribution in [2.45, 2.75) is 20.0 Å². The maximum Gasteiger partial charge on any atom is 0.342 e. The summed E-state index contributed by atoms with van der Waals surface area (Å²) in [7, 11) is 0. The minimum Gasteiger partial charge on any atom is -0.469 e. The second-order valence-corrected chi connectivity index (χ2v) is 5.26. The highest BCUT2D eigenvalue weighted by molar-refractivity contribution is 6.34. The number of amides is 1. The Kier molecular flexibility index (Phi) is 5.20. The number of nitro benzene ring substituents is 1. The van der Waals surface area contributed by atoms with E-state index in [9.17, 15) is 19.7 Å². The van der Waals surface area contributed by atoms with Crippen molar-refractivity contribution in [2.24, 2.45) is 0 Å². The Morgan fingerprint density at radius 3 is 2.62 bits per heavy atom. The first-order valence-electron chi connectivity index (χ1n) is 6.79. The molecule has 1 amide bonds. The topological polar surface area (TPSA) is 112 Å². The van der Waals surface area contributed by atoms with E-state index in [0.29, 0.717) is 5.76 Å². The van der Waals surface area contributed by atoms with Gasteiger partial charge in [-0.3, -0.25) is 14.9 Å². The van der Waals surface area contributed by atoms with Gasteiger partial charge in [-0.05, 0) is 26.0 Å². The van der Waals surface area contributed by atoms with Crippen molar-refractivity contribution in [3.05, 3.63) is 57.0 Å². The predicted octanol–water partition coefficient (Wildman–Crippen LogP) is 3.33. The number of nitrogens with one attached hydrogen (secondary N) is 1. The van der Waals surface area contributed by atoms with Crippen LogP contribution >= 0.6 is 11.6 Å². The molecule has 1 unspecified atom stereocenters. The van der Waals surface area contributed by atoms with Crippen molar-refractivity contribution in [1.29, 1.82) is 0 Å². The number of nitrogens with zero attached hydrogens (tertiary/aromatic N) is 1. The zero-order valence-electron chi connectivity index (χ0n) is 12.7. The van der Waals surface area contributed by atoms with Crippen molar-refractivity contribution < 1.29 is 23.7 Å². The van der Waals surface area contributed by atoms with Crippen LogP contribution in [0, 0.1) is 17.0 Å². The summed E-state index contributed by atoms with van der Waals surface area (Å²) in [5, 5.41) is 13.1. The molecule has 0 spiro atoms. The number of carbonyl (C=O) groups is 2. The molecule has 0 fully saturated rings. The van der Waals surface area contributed by atoms with Crippen LogP contribution < -0.4 is 5.32 Å². The first-order valence-corrected chi connectivity index (χ1v) is 7.17. The lowest BCUT2D eigenvalue weighted by Gasteiger charge is -2.14. The summed E-state index contributed by atoms with van der Waals surface area (Å²) in [5.41, 5.74) is 0.200. The summed E-state index contributed by atoms with van der Waals surface area (Å²) in [6, 6.07) is 5.05. The lowest BCUT2D eigenvalue weighted by molar-refractivity contribution is -0.384. The highest BCUT2D eigenvalue weighted by Crippen LogP contribution is 2.26. The molecule has 126 valence electrons. The number of aryl methyl sites for hydroxylation is 1. The number of esters is 1. The minimum absolute atomic E-state index is 0.00163. The molecule has 24 heavy (non-hydrogen) atoms. The van der Waals surface area contributed by atoms with Crippen LogP contribution in [-0.4, -0.2) is 22.9 Å². The molecular weight excluding hydrogens is 340 g/mol. The number of carbonyl (C=O) groups excluding carboxylic acids is 2. The summed E-state index contributed by atoms with van der Waals surface area (Å²) in [4.78, 5) is 34.0. The molecule has 2 rings (SSSR count). The van der Waals surface area contributed by atoms with Gasteiger partial charge >= 0.3 is 5.97 Å². The van der Waals surface area contributed by atoms with E-state index in [0.717, 1.165) is 6.07 Å². The van der Waals surface area contributed by atoms with Crippen molar-refractivity contribution >= 4 is 34.9 Å². The molecular formula is C15H13ClN2O6. The monoisotopic (exact) mass is 352 g/mol. The molecule has 1 atom stereocenters. The number of rotatable bonds is 5. The van der Waals surface area contributed by atoms with Crippen molar-refractivity contribution in [3.8, 4) is 0 Å². The van der Waals surface area contributed by atoms with Gasteiger partial charge in [-0.2, -0.15) is 0 Å². The van der Waals surface area contributed by atoms with E-state index in [1.54, 1.807) is 6.92 Å². The molecule has 1 N–H and O–H groups in total. The van der Waals surface area contributed by atoms with Crippen LogP contribution in [0.2, 0.25) is 5.02 Å². The Morgan fingerprint density at radius 2 is 2.08 bits per heavy atom. The van der Waals surface area contributed by atoms with Gasteiger partial charge in [0.05, 0.1) is 21.9 Å². The molecule has 8 nitrogen and oxygen atoms in total. The fraction of sp³-hybridized carbons (Fsp3) is 0.200. The quantitative estimate of drug-likeness (QED) is 0.501. The van der Waals surface area contributed by atoms with Crippen molar-refractivity contribution in [1.82, 2.24) is 0 Å². The van der Waals surface area contributed by atoms with Gasteiger partial charge < -0.3 is 14.5 Å². The summed E-state index contributed by atoms with van der Waals surface area (Å²) in [6.07, 6.45) is 0.242. The van der Waals surface area contributed by atoms with E-state index in [1.165, 1.54) is 31.4 Å². The van der Waals surface area contributed by atoms with E-state index in [1.807, 2.05) is 0 Å². The van der Waals surface area contributed by atoms with Gasteiger partial charge in [0, 0.05) is 12.1 Å². The SMILES string of the molecule is Cc1occc1C(=O)OC(C)C(=O)Nc1ccc([N+](=O)[O-])cc1Cl. The molecule has 1 aromatic carbocycles. The first-order chi connectivity index (χ1) is 11.3. The summed E-state index contributed by atoms with van der Waals surface area (Å²) in [6.45, 7) is 2.99. The average molecular weight is 353 g/mol. The van der Waals surface area contributed by atoms with E-state index >= 15 is 0 Å². The Morgan fingerprint density at radius 1 is 1.38 bits per heavy atom. The van der Waals surface area contributed by atoms with Gasteiger partial charge in [0.1, 0.15) is 11.3 Å². The third-order valence-corrected chi connectivity index (χ3v) is 3.47. The van der Waals surface area contributed by atoms with Crippen LogP contribution in [-0.2, 0) is 9.53 Å². The zero-order chi connectivity index (χ0) is 17.9. The van der Waals surface area contributed by atoms with Crippen LogP contribution in [0.25, 0.3) is 0 Å². The van der Waals surface area contributed by atoms with Crippen LogP contribution in [0.15, 0.2) is 34.9 Å². The summed E-state index contributed by atoms with van der Waals surface area (Å²) in [5.74, 6) is -0.940. The number of nitro groups is 1. The van der Waals surface area contributed by atoms with Crippen LogP contribution in [0.1, 0.15) is 23.0 Å². The Bertz CT molecular complexity index is 801. The number of ether oxygens (including phenoxy) is 1. The number of furan rings is 1. The molecule has 0 saturated carbocycles. The van der Waals surface area contributed by atoms with Gasteiger partial charge in [-0.25, -0.2) is 4.79 Å². The lowest BCUT2D eigenvalue weighted by Crippen LogP contribution is -2.30. The Hall–Kier alpha value is -2.87. The molecule has 0 aliphatic rings. The number of halogens is 1. The number of hydrogen-bond acceptors (Lipinski definition) is 6. The van der Waals surface area contributed by atoms with Crippen LogP contribution in [0.5, 0.6) is 0 Å². The zero-order valence-corrected chi connectivity index (χ0v) is 13.5. The number of benzene rings is 1. The molecule has 9 heteroatoms. The third kappa shape index (κ3) is 3.90. The summed E-state index contributed by atoms with van der Waals surface area (Å²) < 4.78 is 10.0. The molecule has 0 saturated heterocycles. The molecule has 0 radical (unpaired) electrons. The fourth-order valence-electron chi connectivity index (χ4n) is 1.83. The Labute approximate surface area is 141 Å². The van der Waals surface area contributed by atoms with Crippen molar-refractivity contribution in [3.63, 3.8) is 0 Å². The van der Waals surface area contributed by atoms with E-state index in [2.05, 4.69) is 5.32 Å². The molecule has 1 heterocycles. The standard InChI is InChI=1S/C15H13ClN2O6/c1-8-11(5-6-23-8)15(20)24-9(2)14(19)17-13-4-3-10(18(21)22)7-12(13)16/h3-7,9H,1-2H3,(H,17,19). The number of hydrogen-bond donors (Lipinski definition) is 1. The van der Waals surface area contributed by atoms with Crippen molar-refractivity contribution in [2.75, 3.05) is 5.32 Å². The van der Waals surface area contributed by atoms with Gasteiger partial charge in [-0.1, -0.05) is 11.6 Å².